The molecule has 0 spiro atoms. The van der Waals surface area contributed by atoms with E-state index in [0.29, 0.717) is 12.1 Å². The maximum Gasteiger partial charge on any atom is 0.254 e. The average Bonchev–Trinajstić information content (AvgIpc) is 2.50. The van der Waals surface area contributed by atoms with Crippen molar-refractivity contribution in [1.29, 1.82) is 0 Å². The number of rotatable bonds is 5. The van der Waals surface area contributed by atoms with Gasteiger partial charge in [-0.05, 0) is 23.6 Å². The number of carbonyl (C=O) groups excluding carboxylic acids is 1. The fraction of sp³-hybridized carbons (Fsp3) is 0.200. The topological polar surface area (TPSA) is 140 Å². The van der Waals surface area contributed by atoms with Gasteiger partial charge in [0, 0.05) is 5.69 Å². The van der Waals surface area contributed by atoms with E-state index in [1.54, 1.807) is 6.07 Å². The molecule has 0 unspecified atom stereocenters. The van der Waals surface area contributed by atoms with Crippen LogP contribution in [0.1, 0.15) is 28.4 Å². The van der Waals surface area contributed by atoms with Crippen molar-refractivity contribution in [3.63, 3.8) is 0 Å². The van der Waals surface area contributed by atoms with Crippen molar-refractivity contribution >= 4 is 28.8 Å². The van der Waals surface area contributed by atoms with E-state index in [4.69, 9.17) is 17.2 Å². The fourth-order valence-corrected chi connectivity index (χ4v) is 2.38. The number of benzene rings is 1. The molecule has 7 nitrogen and oxygen atoms in total. The first-order valence-corrected chi connectivity index (χ1v) is 6.82. The van der Waals surface area contributed by atoms with Crippen LogP contribution < -0.4 is 22.5 Å². The van der Waals surface area contributed by atoms with E-state index in [-0.39, 0.29) is 23.7 Å². The molecule has 1 heterocycles. The predicted molar refractivity (Wildman–Crippen MR) is 86.6 cm³/mol. The molecule has 22 heavy (non-hydrogen) atoms. The number of hydrogen-bond donors (Lipinski definition) is 5. The number of nitrogens with zero attached hydrogens (tertiary/aromatic N) is 1. The molecule has 0 fully saturated rings. The van der Waals surface area contributed by atoms with Gasteiger partial charge in [0.15, 0.2) is 0 Å². The van der Waals surface area contributed by atoms with Gasteiger partial charge in [-0.3, -0.25) is 4.79 Å². The quantitative estimate of drug-likeness (QED) is 0.561. The van der Waals surface area contributed by atoms with Crippen LogP contribution in [0.2, 0.25) is 0 Å². The normalized spacial score (nSPS) is 10.5. The number of pyridine rings is 1. The summed E-state index contributed by atoms with van der Waals surface area (Å²) in [6, 6.07) is 5.47. The second-order valence-electron chi connectivity index (χ2n) is 4.79. The Morgan fingerprint density at radius 2 is 2.09 bits per heavy atom. The van der Waals surface area contributed by atoms with Crippen LogP contribution in [0.3, 0.4) is 0 Å². The lowest BCUT2D eigenvalue weighted by Crippen LogP contribution is -2.18. The van der Waals surface area contributed by atoms with Crippen molar-refractivity contribution in [2.75, 3.05) is 16.8 Å². The Kier molecular flexibility index (Phi) is 4.47. The summed E-state index contributed by atoms with van der Waals surface area (Å²) in [5.41, 5.74) is 20.1. The molecular weight excluding hydrogens is 282 g/mol. The Hall–Kier alpha value is -2.80. The summed E-state index contributed by atoms with van der Waals surface area (Å²) in [5.74, 6) is -0.697. The SMILES string of the molecule is CCc1c(CO)cccc1Nc1c(N)cnc(N)c1C(N)=O. The van der Waals surface area contributed by atoms with Gasteiger partial charge >= 0.3 is 0 Å². The number of aliphatic hydroxyl groups is 1. The number of aromatic nitrogens is 1. The number of nitrogens with two attached hydrogens (primary N) is 3. The van der Waals surface area contributed by atoms with Crippen LogP contribution in [-0.2, 0) is 13.0 Å². The van der Waals surface area contributed by atoms with Crippen LogP contribution in [0.15, 0.2) is 24.4 Å². The van der Waals surface area contributed by atoms with E-state index < -0.39 is 5.91 Å². The molecule has 8 N–H and O–H groups in total. The number of hydrogen-bond acceptors (Lipinski definition) is 6. The molecule has 1 aromatic carbocycles. The summed E-state index contributed by atoms with van der Waals surface area (Å²) in [4.78, 5) is 15.5. The zero-order valence-corrected chi connectivity index (χ0v) is 12.3. The first-order chi connectivity index (χ1) is 10.5. The Labute approximate surface area is 128 Å². The van der Waals surface area contributed by atoms with Crippen molar-refractivity contribution in [3.8, 4) is 0 Å². The molecule has 1 amide bonds. The number of primary amides is 1. The third-order valence-electron chi connectivity index (χ3n) is 3.44. The monoisotopic (exact) mass is 301 g/mol. The standard InChI is InChI=1S/C15H19N5O2/c1-2-9-8(7-21)4-3-5-11(9)20-13-10(16)6-19-14(17)12(13)15(18)22/h3-6,21H,2,7,16H2,1H3,(H2,18,22)(H3,17,19,20). The molecule has 0 aliphatic carbocycles. The van der Waals surface area contributed by atoms with Crippen molar-refractivity contribution in [1.82, 2.24) is 4.98 Å². The molecule has 2 aromatic rings. The highest BCUT2D eigenvalue weighted by molar-refractivity contribution is 6.06. The summed E-state index contributed by atoms with van der Waals surface area (Å²) < 4.78 is 0. The van der Waals surface area contributed by atoms with E-state index in [1.165, 1.54) is 6.20 Å². The molecule has 0 aliphatic heterocycles. The molecule has 2 rings (SSSR count). The van der Waals surface area contributed by atoms with Gasteiger partial charge in [-0.25, -0.2) is 4.98 Å². The van der Waals surface area contributed by atoms with E-state index in [9.17, 15) is 9.90 Å². The van der Waals surface area contributed by atoms with Crippen LogP contribution >= 0.6 is 0 Å². The molecule has 1 aromatic heterocycles. The van der Waals surface area contributed by atoms with Crippen molar-refractivity contribution in [2.24, 2.45) is 5.73 Å². The molecule has 7 heteroatoms. The van der Waals surface area contributed by atoms with Gasteiger partial charge in [0.25, 0.3) is 5.91 Å². The predicted octanol–water partition coefficient (Wildman–Crippen LogP) is 1.14. The lowest BCUT2D eigenvalue weighted by molar-refractivity contribution is 0.100. The second-order valence-corrected chi connectivity index (χ2v) is 4.79. The first-order valence-electron chi connectivity index (χ1n) is 6.82. The zero-order chi connectivity index (χ0) is 16.3. The Morgan fingerprint density at radius 1 is 1.36 bits per heavy atom. The maximum absolute atomic E-state index is 11.6. The minimum atomic E-state index is -0.712. The molecule has 0 radical (unpaired) electrons. The highest BCUT2D eigenvalue weighted by atomic mass is 16.3. The van der Waals surface area contributed by atoms with Gasteiger partial charge in [0.1, 0.15) is 11.4 Å². The summed E-state index contributed by atoms with van der Waals surface area (Å²) in [7, 11) is 0. The summed E-state index contributed by atoms with van der Waals surface area (Å²) in [5, 5.41) is 12.5. The van der Waals surface area contributed by atoms with Crippen LogP contribution in [0, 0.1) is 0 Å². The summed E-state index contributed by atoms with van der Waals surface area (Å²) in [6.07, 6.45) is 2.07. The first kappa shape index (κ1) is 15.6. The highest BCUT2D eigenvalue weighted by Crippen LogP contribution is 2.32. The van der Waals surface area contributed by atoms with Crippen LogP contribution in [0.4, 0.5) is 22.9 Å². The number of amides is 1. The Balaban J connectivity index is 2.57. The van der Waals surface area contributed by atoms with Crippen molar-refractivity contribution in [2.45, 2.75) is 20.0 Å². The van der Waals surface area contributed by atoms with Gasteiger partial charge in [-0.15, -0.1) is 0 Å². The molecule has 0 saturated heterocycles. The van der Waals surface area contributed by atoms with E-state index >= 15 is 0 Å². The third-order valence-corrected chi connectivity index (χ3v) is 3.44. The second kappa shape index (κ2) is 6.31. The number of nitrogen functional groups attached to an aromatic ring is 2. The van der Waals surface area contributed by atoms with Gasteiger partial charge < -0.3 is 27.6 Å². The van der Waals surface area contributed by atoms with E-state index in [2.05, 4.69) is 10.3 Å². The smallest absolute Gasteiger partial charge is 0.254 e. The lowest BCUT2D eigenvalue weighted by atomic mass is 10.0. The van der Waals surface area contributed by atoms with Crippen LogP contribution in [0.25, 0.3) is 0 Å². The molecule has 0 bridgehead atoms. The fourth-order valence-electron chi connectivity index (χ4n) is 2.38. The summed E-state index contributed by atoms with van der Waals surface area (Å²) in [6.45, 7) is 1.90. The third kappa shape index (κ3) is 2.79. The zero-order valence-electron chi connectivity index (χ0n) is 12.3. The van der Waals surface area contributed by atoms with Crippen LogP contribution in [-0.4, -0.2) is 16.0 Å². The van der Waals surface area contributed by atoms with E-state index in [1.807, 2.05) is 19.1 Å². The molecule has 0 saturated carbocycles. The van der Waals surface area contributed by atoms with Gasteiger partial charge in [0.2, 0.25) is 0 Å². The average molecular weight is 301 g/mol. The number of nitrogens with one attached hydrogen (secondary N) is 1. The van der Waals surface area contributed by atoms with Crippen molar-refractivity contribution < 1.29 is 9.90 Å². The largest absolute Gasteiger partial charge is 0.396 e. The minimum absolute atomic E-state index is 0.0144. The number of anilines is 4. The molecular formula is C15H19N5O2. The van der Waals surface area contributed by atoms with Gasteiger partial charge in [-0.1, -0.05) is 19.1 Å². The lowest BCUT2D eigenvalue weighted by Gasteiger charge is -2.18. The minimum Gasteiger partial charge on any atom is -0.396 e. The maximum atomic E-state index is 11.6. The van der Waals surface area contributed by atoms with Crippen molar-refractivity contribution in [3.05, 3.63) is 41.1 Å². The van der Waals surface area contributed by atoms with E-state index in [0.717, 1.165) is 16.8 Å². The molecule has 116 valence electrons. The molecule has 0 aliphatic rings. The molecule has 0 atom stereocenters. The highest BCUT2D eigenvalue weighted by Gasteiger charge is 2.18. The Morgan fingerprint density at radius 3 is 2.68 bits per heavy atom. The van der Waals surface area contributed by atoms with Crippen LogP contribution in [0.5, 0.6) is 0 Å². The number of carbonyl (C=O) groups is 1. The Bertz CT molecular complexity index is 715. The number of aliphatic hydroxyl groups excluding tert-OH is 1. The summed E-state index contributed by atoms with van der Waals surface area (Å²) >= 11 is 0. The van der Waals surface area contributed by atoms with Gasteiger partial charge in [-0.2, -0.15) is 0 Å². The van der Waals surface area contributed by atoms with Gasteiger partial charge in [0.05, 0.1) is 24.2 Å².